The number of thiophene rings is 1. The van der Waals surface area contributed by atoms with Gasteiger partial charge in [-0.1, -0.05) is 11.6 Å². The van der Waals surface area contributed by atoms with Crippen LogP contribution in [0.2, 0.25) is 5.02 Å². The Balaban J connectivity index is 1.74. The summed E-state index contributed by atoms with van der Waals surface area (Å²) in [4.78, 5) is 23.6. The summed E-state index contributed by atoms with van der Waals surface area (Å²) >= 11 is 7.20. The number of furan rings is 1. The van der Waals surface area contributed by atoms with Crippen LogP contribution in [-0.4, -0.2) is 19.0 Å². The van der Waals surface area contributed by atoms with E-state index in [1.54, 1.807) is 0 Å². The van der Waals surface area contributed by atoms with Crippen LogP contribution in [0.3, 0.4) is 0 Å². The molecule has 5 nitrogen and oxygen atoms in total. The molecule has 0 atom stereocenters. The number of halogens is 2. The number of ether oxygens (including phenoxy) is 2. The Bertz CT molecular complexity index is 930. The topological polar surface area (TPSA) is 65.7 Å². The molecule has 24 heavy (non-hydrogen) atoms. The molecular formula is C16H10ClFO5S. The first-order chi connectivity index (χ1) is 11.5. The van der Waals surface area contributed by atoms with E-state index in [9.17, 15) is 14.0 Å². The van der Waals surface area contributed by atoms with Crippen molar-refractivity contribution in [3.8, 4) is 0 Å². The van der Waals surface area contributed by atoms with E-state index in [4.69, 9.17) is 20.8 Å². The first-order valence-electron chi connectivity index (χ1n) is 6.71. The van der Waals surface area contributed by atoms with Gasteiger partial charge in [-0.3, -0.25) is 0 Å². The van der Waals surface area contributed by atoms with E-state index < -0.39 is 17.8 Å². The number of esters is 2. The van der Waals surface area contributed by atoms with Crippen LogP contribution in [0.15, 0.2) is 34.7 Å². The third kappa shape index (κ3) is 3.13. The van der Waals surface area contributed by atoms with Crippen LogP contribution in [-0.2, 0) is 16.1 Å². The van der Waals surface area contributed by atoms with Crippen molar-refractivity contribution < 1.29 is 27.9 Å². The molecule has 0 aliphatic heterocycles. The highest BCUT2D eigenvalue weighted by Crippen LogP contribution is 2.36. The highest BCUT2D eigenvalue weighted by molar-refractivity contribution is 7.21. The molecule has 0 N–H and O–H groups in total. The molecule has 3 rings (SSSR count). The van der Waals surface area contributed by atoms with Crippen LogP contribution in [0.1, 0.15) is 26.0 Å². The number of methoxy groups -OCH3 is 1. The van der Waals surface area contributed by atoms with Gasteiger partial charge in [-0.05, 0) is 30.3 Å². The third-order valence-corrected chi connectivity index (χ3v) is 4.81. The molecule has 2 aromatic heterocycles. The molecule has 124 valence electrons. The Kier molecular flexibility index (Phi) is 4.55. The number of rotatable bonds is 4. The number of carbonyl (C=O) groups is 2. The zero-order valence-electron chi connectivity index (χ0n) is 12.3. The highest BCUT2D eigenvalue weighted by Gasteiger charge is 2.20. The van der Waals surface area contributed by atoms with Gasteiger partial charge in [0.05, 0.1) is 12.1 Å². The predicted molar refractivity (Wildman–Crippen MR) is 86.0 cm³/mol. The fourth-order valence-corrected chi connectivity index (χ4v) is 3.47. The van der Waals surface area contributed by atoms with Gasteiger partial charge >= 0.3 is 11.9 Å². The lowest BCUT2D eigenvalue weighted by molar-refractivity contribution is 0.0444. The first-order valence-corrected chi connectivity index (χ1v) is 7.90. The maximum Gasteiger partial charge on any atom is 0.373 e. The number of benzene rings is 1. The largest absolute Gasteiger partial charge is 0.463 e. The minimum absolute atomic E-state index is 0.0129. The molecule has 1 aromatic carbocycles. The van der Waals surface area contributed by atoms with Crippen molar-refractivity contribution >= 4 is 45.0 Å². The van der Waals surface area contributed by atoms with Gasteiger partial charge in [0.25, 0.3) is 0 Å². The Morgan fingerprint density at radius 3 is 2.79 bits per heavy atom. The Hall–Kier alpha value is -2.38. The summed E-state index contributed by atoms with van der Waals surface area (Å²) < 4.78 is 28.6. The van der Waals surface area contributed by atoms with Crippen molar-refractivity contribution in [2.24, 2.45) is 0 Å². The lowest BCUT2D eigenvalue weighted by Crippen LogP contribution is -2.03. The molecule has 0 unspecified atom stereocenters. The quantitative estimate of drug-likeness (QED) is 0.637. The number of hydrogen-bond donors (Lipinski definition) is 0. The van der Waals surface area contributed by atoms with Crippen LogP contribution in [0.4, 0.5) is 4.39 Å². The van der Waals surface area contributed by atoms with Crippen molar-refractivity contribution in [2.75, 3.05) is 7.11 Å². The van der Waals surface area contributed by atoms with Crippen molar-refractivity contribution in [1.29, 1.82) is 0 Å². The molecule has 0 spiro atoms. The lowest BCUT2D eigenvalue weighted by atomic mass is 10.2. The van der Waals surface area contributed by atoms with Gasteiger partial charge in [-0.2, -0.15) is 0 Å². The third-order valence-electron chi connectivity index (χ3n) is 3.17. The summed E-state index contributed by atoms with van der Waals surface area (Å²) in [6, 6.07) is 7.01. The van der Waals surface area contributed by atoms with E-state index in [2.05, 4.69) is 4.74 Å². The van der Waals surface area contributed by atoms with E-state index >= 15 is 0 Å². The zero-order chi connectivity index (χ0) is 17.3. The number of fused-ring (bicyclic) bond motifs is 1. The van der Waals surface area contributed by atoms with Gasteiger partial charge < -0.3 is 13.9 Å². The van der Waals surface area contributed by atoms with Gasteiger partial charge in [0, 0.05) is 10.1 Å². The average Bonchev–Trinajstić information content (AvgIpc) is 3.17. The Labute approximate surface area is 144 Å². The van der Waals surface area contributed by atoms with Gasteiger partial charge in [0.2, 0.25) is 5.76 Å². The lowest BCUT2D eigenvalue weighted by Gasteiger charge is -2.01. The molecular weight excluding hydrogens is 359 g/mol. The van der Waals surface area contributed by atoms with Gasteiger partial charge in [-0.15, -0.1) is 11.3 Å². The smallest absolute Gasteiger partial charge is 0.373 e. The summed E-state index contributed by atoms with van der Waals surface area (Å²) in [7, 11) is 1.23. The normalized spacial score (nSPS) is 10.8. The van der Waals surface area contributed by atoms with Crippen LogP contribution < -0.4 is 0 Å². The number of carbonyl (C=O) groups excluding carboxylic acids is 2. The summed E-state index contributed by atoms with van der Waals surface area (Å²) in [5, 5.41) is 0.802. The molecule has 8 heteroatoms. The minimum Gasteiger partial charge on any atom is -0.463 e. The average molecular weight is 369 g/mol. The Morgan fingerprint density at radius 1 is 1.25 bits per heavy atom. The highest BCUT2D eigenvalue weighted by atomic mass is 35.5. The molecule has 0 aliphatic carbocycles. The molecule has 0 bridgehead atoms. The molecule has 0 radical (unpaired) electrons. The van der Waals surface area contributed by atoms with Crippen LogP contribution >= 0.6 is 22.9 Å². The fraction of sp³-hybridized carbons (Fsp3) is 0.125. The van der Waals surface area contributed by atoms with E-state index in [0.717, 1.165) is 11.3 Å². The summed E-state index contributed by atoms with van der Waals surface area (Å²) in [6.45, 7) is -0.172. The summed E-state index contributed by atoms with van der Waals surface area (Å²) in [5.41, 5.74) is 0. The Morgan fingerprint density at radius 2 is 2.04 bits per heavy atom. The van der Waals surface area contributed by atoms with E-state index in [0.29, 0.717) is 10.1 Å². The minimum atomic E-state index is -0.655. The second-order valence-electron chi connectivity index (χ2n) is 4.72. The maximum atomic E-state index is 13.2. The molecule has 0 amide bonds. The monoisotopic (exact) mass is 368 g/mol. The SMILES string of the molecule is COC(=O)c1ccc(COC(=O)c2sc3cc(F)ccc3c2Cl)o1. The fourth-order valence-electron chi connectivity index (χ4n) is 2.04. The second kappa shape index (κ2) is 6.62. The van der Waals surface area contributed by atoms with Crippen molar-refractivity contribution in [3.05, 3.63) is 57.6 Å². The van der Waals surface area contributed by atoms with Crippen LogP contribution in [0.5, 0.6) is 0 Å². The van der Waals surface area contributed by atoms with E-state index in [-0.39, 0.29) is 28.0 Å². The first kappa shape index (κ1) is 16.5. The van der Waals surface area contributed by atoms with E-state index in [1.165, 1.54) is 37.4 Å². The van der Waals surface area contributed by atoms with Crippen LogP contribution in [0.25, 0.3) is 10.1 Å². The molecule has 0 fully saturated rings. The zero-order valence-corrected chi connectivity index (χ0v) is 13.9. The molecule has 0 saturated carbocycles. The predicted octanol–water partition coefficient (Wildman–Crippen LogP) is 4.43. The summed E-state index contributed by atoms with van der Waals surface area (Å²) in [6.07, 6.45) is 0. The van der Waals surface area contributed by atoms with Gasteiger partial charge in [0.1, 0.15) is 23.1 Å². The standard InChI is InChI=1S/C16H10ClFO5S/c1-21-15(19)11-5-3-9(23-11)7-22-16(20)14-13(17)10-4-2-8(18)6-12(10)24-14/h2-6H,7H2,1H3. The van der Waals surface area contributed by atoms with Gasteiger partial charge in [-0.25, -0.2) is 14.0 Å². The van der Waals surface area contributed by atoms with Crippen LogP contribution in [0, 0.1) is 5.82 Å². The molecule has 0 saturated heterocycles. The maximum absolute atomic E-state index is 13.2. The molecule has 0 aliphatic rings. The second-order valence-corrected chi connectivity index (χ2v) is 6.15. The molecule has 3 aromatic rings. The van der Waals surface area contributed by atoms with Crippen molar-refractivity contribution in [3.63, 3.8) is 0 Å². The summed E-state index contributed by atoms with van der Waals surface area (Å²) in [5.74, 6) is -1.39. The van der Waals surface area contributed by atoms with Gasteiger partial charge in [0.15, 0.2) is 0 Å². The molecule has 2 heterocycles. The number of hydrogen-bond acceptors (Lipinski definition) is 6. The van der Waals surface area contributed by atoms with Crippen molar-refractivity contribution in [2.45, 2.75) is 6.61 Å². The van der Waals surface area contributed by atoms with Crippen molar-refractivity contribution in [1.82, 2.24) is 0 Å². The van der Waals surface area contributed by atoms with E-state index in [1.807, 2.05) is 0 Å².